The van der Waals surface area contributed by atoms with Gasteiger partial charge in [-0.25, -0.2) is 0 Å². The molecule has 3 N–H and O–H groups in total. The molecule has 3 atom stereocenters. The highest BCUT2D eigenvalue weighted by atomic mass is 16.5. The predicted molar refractivity (Wildman–Crippen MR) is 150 cm³/mol. The van der Waals surface area contributed by atoms with Crippen molar-refractivity contribution in [2.45, 2.75) is 31.8 Å². The number of methoxy groups -OCH3 is 4. The second-order valence-corrected chi connectivity index (χ2v) is 9.64. The largest absolute Gasteiger partial charge is 0.495 e. The molecule has 1 heterocycles. The van der Waals surface area contributed by atoms with Gasteiger partial charge in [0.25, 0.3) is 0 Å². The van der Waals surface area contributed by atoms with Crippen LogP contribution in [0.2, 0.25) is 0 Å². The van der Waals surface area contributed by atoms with Gasteiger partial charge in [-0.1, -0.05) is 50.2 Å². The van der Waals surface area contributed by atoms with Gasteiger partial charge in [-0.15, -0.1) is 0 Å². The van der Waals surface area contributed by atoms with E-state index in [1.54, 1.807) is 23.1 Å². The maximum Gasteiger partial charge on any atom is 0.241 e. The molecule has 2 amide bonds. The van der Waals surface area contributed by atoms with Gasteiger partial charge in [0.15, 0.2) is 11.5 Å². The number of nitrogens with one attached hydrogen (secondary N) is 1. The van der Waals surface area contributed by atoms with Gasteiger partial charge >= 0.3 is 0 Å². The van der Waals surface area contributed by atoms with Crippen LogP contribution in [0.3, 0.4) is 0 Å². The molecule has 3 aromatic rings. The summed E-state index contributed by atoms with van der Waals surface area (Å²) in [5, 5.41) is 2.91. The third kappa shape index (κ3) is 5.22. The third-order valence-corrected chi connectivity index (χ3v) is 7.03. The SMILES string of the molecule is COc1ccc([C@H]2[C@H](c3ccccc3)C(=O)N2c2cc(OC)c(OC)c(OC)c2)cc1NC(=O)[C@@H](N)C(C)C. The van der Waals surface area contributed by atoms with Crippen LogP contribution in [0.25, 0.3) is 0 Å². The maximum absolute atomic E-state index is 13.8. The van der Waals surface area contributed by atoms with E-state index in [4.69, 9.17) is 24.7 Å². The molecular weight excluding hydrogens is 498 g/mol. The lowest BCUT2D eigenvalue weighted by Gasteiger charge is -2.48. The molecular formula is C30H35N3O6. The van der Waals surface area contributed by atoms with Crippen molar-refractivity contribution in [1.82, 2.24) is 0 Å². The number of hydrogen-bond acceptors (Lipinski definition) is 7. The molecule has 1 aliphatic rings. The highest BCUT2D eigenvalue weighted by Gasteiger charge is 2.50. The summed E-state index contributed by atoms with van der Waals surface area (Å²) in [5.74, 6) is 0.920. The second kappa shape index (κ2) is 11.7. The van der Waals surface area contributed by atoms with Crippen LogP contribution in [0, 0.1) is 5.92 Å². The summed E-state index contributed by atoms with van der Waals surface area (Å²) in [6, 6.07) is 17.6. The molecule has 1 saturated heterocycles. The van der Waals surface area contributed by atoms with Gasteiger partial charge < -0.3 is 34.9 Å². The summed E-state index contributed by atoms with van der Waals surface area (Å²) < 4.78 is 22.1. The van der Waals surface area contributed by atoms with Crippen LogP contribution in [0.1, 0.15) is 36.9 Å². The van der Waals surface area contributed by atoms with E-state index in [2.05, 4.69) is 5.32 Å². The fourth-order valence-electron chi connectivity index (χ4n) is 4.84. The number of nitrogens with two attached hydrogens (primary N) is 1. The molecule has 0 bridgehead atoms. The Hall–Kier alpha value is -4.24. The Morgan fingerprint density at radius 3 is 2.00 bits per heavy atom. The first-order valence-electron chi connectivity index (χ1n) is 12.7. The van der Waals surface area contributed by atoms with E-state index < -0.39 is 12.0 Å². The molecule has 3 aromatic carbocycles. The molecule has 9 nitrogen and oxygen atoms in total. The molecule has 0 radical (unpaired) electrons. The van der Waals surface area contributed by atoms with Crippen LogP contribution in [-0.2, 0) is 9.59 Å². The Morgan fingerprint density at radius 1 is 0.846 bits per heavy atom. The molecule has 1 aliphatic heterocycles. The molecule has 4 rings (SSSR count). The minimum atomic E-state index is -0.684. The quantitative estimate of drug-likeness (QED) is 0.369. The maximum atomic E-state index is 13.8. The average molecular weight is 534 g/mol. The molecule has 0 aliphatic carbocycles. The normalized spacial score (nSPS) is 17.3. The molecule has 206 valence electrons. The van der Waals surface area contributed by atoms with Crippen molar-refractivity contribution in [3.05, 3.63) is 71.8 Å². The number of rotatable bonds is 10. The summed E-state index contributed by atoms with van der Waals surface area (Å²) in [6.45, 7) is 3.77. The van der Waals surface area contributed by atoms with Crippen LogP contribution in [0.5, 0.6) is 23.0 Å². The van der Waals surface area contributed by atoms with Crippen molar-refractivity contribution in [3.63, 3.8) is 0 Å². The minimum Gasteiger partial charge on any atom is -0.495 e. The van der Waals surface area contributed by atoms with Crippen LogP contribution >= 0.6 is 0 Å². The molecule has 0 aromatic heterocycles. The first kappa shape index (κ1) is 27.8. The summed E-state index contributed by atoms with van der Waals surface area (Å²) >= 11 is 0. The van der Waals surface area contributed by atoms with E-state index in [0.717, 1.165) is 11.1 Å². The number of hydrogen-bond donors (Lipinski definition) is 2. The number of carbonyl (C=O) groups excluding carboxylic acids is 2. The minimum absolute atomic E-state index is 0.0404. The zero-order valence-corrected chi connectivity index (χ0v) is 23.1. The fourth-order valence-corrected chi connectivity index (χ4v) is 4.84. The van der Waals surface area contributed by atoms with Crippen molar-refractivity contribution < 1.29 is 28.5 Å². The van der Waals surface area contributed by atoms with Gasteiger partial charge in [-0.05, 0) is 29.2 Å². The third-order valence-electron chi connectivity index (χ3n) is 7.03. The van der Waals surface area contributed by atoms with E-state index in [1.165, 1.54) is 28.4 Å². The molecule has 39 heavy (non-hydrogen) atoms. The number of benzene rings is 3. The molecule has 1 fully saturated rings. The van der Waals surface area contributed by atoms with Crippen LogP contribution in [0.4, 0.5) is 11.4 Å². The lowest BCUT2D eigenvalue weighted by molar-refractivity contribution is -0.126. The predicted octanol–water partition coefficient (Wildman–Crippen LogP) is 4.51. The molecule has 0 spiro atoms. The van der Waals surface area contributed by atoms with E-state index in [-0.39, 0.29) is 23.8 Å². The topological polar surface area (TPSA) is 112 Å². The molecule has 0 unspecified atom stereocenters. The van der Waals surface area contributed by atoms with Gasteiger partial charge in [0.2, 0.25) is 17.6 Å². The Morgan fingerprint density at radius 2 is 1.46 bits per heavy atom. The number of nitrogens with zero attached hydrogens (tertiary/aromatic N) is 1. The summed E-state index contributed by atoms with van der Waals surface area (Å²) in [6.07, 6.45) is 0. The van der Waals surface area contributed by atoms with Gasteiger partial charge in [0, 0.05) is 12.1 Å². The number of amides is 2. The van der Waals surface area contributed by atoms with Crippen molar-refractivity contribution >= 4 is 23.2 Å². The van der Waals surface area contributed by atoms with Crippen molar-refractivity contribution in [3.8, 4) is 23.0 Å². The van der Waals surface area contributed by atoms with Crippen LogP contribution in [0.15, 0.2) is 60.7 Å². The highest BCUT2D eigenvalue weighted by Crippen LogP contribution is 2.52. The van der Waals surface area contributed by atoms with Crippen molar-refractivity contribution in [1.29, 1.82) is 0 Å². The molecule has 9 heteroatoms. The monoisotopic (exact) mass is 533 g/mol. The Labute approximate surface area is 228 Å². The summed E-state index contributed by atoms with van der Waals surface area (Å²) in [7, 11) is 6.13. The standard InChI is InChI=1S/C30H35N3O6/c1-17(2)26(31)29(34)32-21-14-19(12-13-22(21)36-3)27-25(18-10-8-7-9-11-18)30(35)33(27)20-15-23(37-4)28(39-6)24(16-20)38-5/h7-17,25-27H,31H2,1-6H3,(H,32,34)/t25-,26-,27-/m0/s1. The number of anilines is 2. The first-order chi connectivity index (χ1) is 18.7. The van der Waals surface area contributed by atoms with Crippen molar-refractivity contribution in [2.24, 2.45) is 11.7 Å². The number of β-lactam (4-membered cyclic amide) rings is 1. The van der Waals surface area contributed by atoms with E-state index in [0.29, 0.717) is 34.4 Å². The Balaban J connectivity index is 1.82. The lowest BCUT2D eigenvalue weighted by Crippen LogP contribution is -2.53. The van der Waals surface area contributed by atoms with Crippen LogP contribution < -0.4 is 34.9 Å². The summed E-state index contributed by atoms with van der Waals surface area (Å²) in [4.78, 5) is 28.3. The number of ether oxygens (including phenoxy) is 4. The lowest BCUT2D eigenvalue weighted by atomic mass is 9.77. The smallest absolute Gasteiger partial charge is 0.241 e. The van der Waals surface area contributed by atoms with Gasteiger partial charge in [0.05, 0.1) is 57.8 Å². The van der Waals surface area contributed by atoms with E-state index in [9.17, 15) is 9.59 Å². The Bertz CT molecular complexity index is 1320. The van der Waals surface area contributed by atoms with E-state index in [1.807, 2.05) is 56.3 Å². The fraction of sp³-hybridized carbons (Fsp3) is 0.333. The zero-order chi connectivity index (χ0) is 28.3. The van der Waals surface area contributed by atoms with E-state index >= 15 is 0 Å². The first-order valence-corrected chi connectivity index (χ1v) is 12.7. The molecule has 0 saturated carbocycles. The van der Waals surface area contributed by atoms with Crippen LogP contribution in [-0.4, -0.2) is 46.3 Å². The average Bonchev–Trinajstić information content (AvgIpc) is 2.95. The highest BCUT2D eigenvalue weighted by molar-refractivity contribution is 6.07. The zero-order valence-electron chi connectivity index (χ0n) is 23.1. The Kier molecular flexibility index (Phi) is 8.30. The van der Waals surface area contributed by atoms with Gasteiger partial charge in [0.1, 0.15) is 5.75 Å². The van der Waals surface area contributed by atoms with Gasteiger partial charge in [-0.3, -0.25) is 9.59 Å². The summed E-state index contributed by atoms with van der Waals surface area (Å²) in [5.41, 5.74) is 8.86. The second-order valence-electron chi connectivity index (χ2n) is 9.64. The number of carbonyl (C=O) groups is 2. The van der Waals surface area contributed by atoms with Crippen molar-refractivity contribution in [2.75, 3.05) is 38.7 Å². The van der Waals surface area contributed by atoms with Gasteiger partial charge in [-0.2, -0.15) is 0 Å².